The summed E-state index contributed by atoms with van der Waals surface area (Å²) in [6.07, 6.45) is 14.0. The van der Waals surface area contributed by atoms with Crippen LogP contribution in [0.25, 0.3) is 0 Å². The fourth-order valence-electron chi connectivity index (χ4n) is 5.45. The molecule has 0 N–H and O–H groups in total. The molecule has 0 spiro atoms. The lowest BCUT2D eigenvalue weighted by Crippen LogP contribution is -2.25. The third kappa shape index (κ3) is 1.76. The van der Waals surface area contributed by atoms with Crippen LogP contribution in [0.4, 0.5) is 0 Å². The summed E-state index contributed by atoms with van der Waals surface area (Å²) < 4.78 is 0. The molecule has 0 heterocycles. The summed E-state index contributed by atoms with van der Waals surface area (Å²) in [5.41, 5.74) is 0. The first-order valence-electron chi connectivity index (χ1n) is 7.64. The number of hydrogen-bond donors (Lipinski definition) is 0. The minimum atomic E-state index is -0.0787. The van der Waals surface area contributed by atoms with Crippen LogP contribution in [0.3, 0.4) is 0 Å². The summed E-state index contributed by atoms with van der Waals surface area (Å²) in [6.45, 7) is 0. The topological polar surface area (TPSA) is 34.1 Å². The van der Waals surface area contributed by atoms with Gasteiger partial charge < -0.3 is 0 Å². The summed E-state index contributed by atoms with van der Waals surface area (Å²) in [5.74, 6) is 6.50. The smallest absolute Gasteiger partial charge is 0.163 e. The predicted molar refractivity (Wildman–Crippen MR) is 72.3 cm³/mol. The molecule has 0 aliphatic heterocycles. The van der Waals surface area contributed by atoms with E-state index in [9.17, 15) is 9.59 Å². The number of carbonyl (C=O) groups is 2. The fraction of sp³-hybridized carbons (Fsp3) is 0.647. The lowest BCUT2D eigenvalue weighted by Gasteiger charge is -2.31. The molecule has 2 nitrogen and oxygen atoms in total. The van der Waals surface area contributed by atoms with Crippen molar-refractivity contribution in [1.29, 1.82) is 0 Å². The molecule has 3 fully saturated rings. The van der Waals surface area contributed by atoms with Gasteiger partial charge in [-0.3, -0.25) is 9.59 Å². The Labute approximate surface area is 113 Å². The van der Waals surface area contributed by atoms with E-state index in [1.807, 2.05) is 0 Å². The van der Waals surface area contributed by atoms with E-state index in [4.69, 9.17) is 0 Å². The summed E-state index contributed by atoms with van der Waals surface area (Å²) in [5, 5.41) is 0. The molecule has 0 radical (unpaired) electrons. The molecule has 2 heteroatoms. The van der Waals surface area contributed by atoms with Crippen molar-refractivity contribution in [2.75, 3.05) is 0 Å². The molecular formula is C17H20O2. The third-order valence-corrected chi connectivity index (χ3v) is 5.99. The van der Waals surface area contributed by atoms with E-state index < -0.39 is 0 Å². The maximum atomic E-state index is 10.1. The van der Waals surface area contributed by atoms with E-state index in [1.165, 1.54) is 18.6 Å². The lowest BCUT2D eigenvalue weighted by atomic mass is 9.73. The Balaban J connectivity index is 0.000000120. The molecule has 5 rings (SSSR count). The Hall–Kier alpha value is -1.18. The van der Waals surface area contributed by atoms with Crippen LogP contribution < -0.4 is 0 Å². The Kier molecular flexibility index (Phi) is 2.54. The number of fused-ring (bicyclic) bond motifs is 9. The molecule has 3 saturated carbocycles. The molecule has 5 aliphatic rings. The van der Waals surface area contributed by atoms with Gasteiger partial charge in [0.1, 0.15) is 0 Å². The minimum absolute atomic E-state index is 0.0787. The van der Waals surface area contributed by atoms with Crippen LogP contribution in [0.2, 0.25) is 0 Å². The zero-order valence-corrected chi connectivity index (χ0v) is 11.1. The van der Waals surface area contributed by atoms with Crippen LogP contribution in [-0.4, -0.2) is 11.6 Å². The summed E-state index contributed by atoms with van der Waals surface area (Å²) >= 11 is 0. The SMILES string of the molecule is C1=CC2CC1C1C3CCC(C3)C21.O=C1C=CC(=O)C1. The fourth-order valence-corrected chi connectivity index (χ4v) is 5.45. The molecule has 0 amide bonds. The highest BCUT2D eigenvalue weighted by atomic mass is 16.1. The third-order valence-electron chi connectivity index (χ3n) is 5.99. The van der Waals surface area contributed by atoms with Crippen LogP contribution in [0, 0.1) is 35.5 Å². The van der Waals surface area contributed by atoms with Gasteiger partial charge in [-0.2, -0.15) is 0 Å². The molecule has 6 atom stereocenters. The number of hydrogen-bond acceptors (Lipinski definition) is 2. The van der Waals surface area contributed by atoms with Crippen molar-refractivity contribution in [2.24, 2.45) is 35.5 Å². The van der Waals surface area contributed by atoms with Crippen LogP contribution >= 0.6 is 0 Å². The van der Waals surface area contributed by atoms with Gasteiger partial charge in [-0.05, 0) is 73.3 Å². The van der Waals surface area contributed by atoms with Gasteiger partial charge in [0.05, 0.1) is 6.42 Å². The second kappa shape index (κ2) is 4.16. The van der Waals surface area contributed by atoms with Crippen LogP contribution in [0.5, 0.6) is 0 Å². The van der Waals surface area contributed by atoms with Crippen molar-refractivity contribution in [3.63, 3.8) is 0 Å². The van der Waals surface area contributed by atoms with Gasteiger partial charge in [0.2, 0.25) is 0 Å². The zero-order chi connectivity index (χ0) is 13.0. The quantitative estimate of drug-likeness (QED) is 0.379. The molecule has 0 aromatic heterocycles. The van der Waals surface area contributed by atoms with Crippen LogP contribution in [-0.2, 0) is 9.59 Å². The molecule has 100 valence electrons. The van der Waals surface area contributed by atoms with Crippen LogP contribution in [0.1, 0.15) is 32.1 Å². The molecule has 0 aromatic rings. The number of rotatable bonds is 0. The first-order valence-corrected chi connectivity index (χ1v) is 7.64. The van der Waals surface area contributed by atoms with Gasteiger partial charge in [0.15, 0.2) is 11.6 Å². The van der Waals surface area contributed by atoms with Crippen molar-refractivity contribution in [1.82, 2.24) is 0 Å². The van der Waals surface area contributed by atoms with Crippen LogP contribution in [0.15, 0.2) is 24.3 Å². The van der Waals surface area contributed by atoms with E-state index in [1.54, 1.807) is 19.3 Å². The maximum absolute atomic E-state index is 10.1. The highest BCUT2D eigenvalue weighted by Gasteiger charge is 2.57. The summed E-state index contributed by atoms with van der Waals surface area (Å²) in [4.78, 5) is 20.3. The number of allylic oxidation sites excluding steroid dienone is 4. The van der Waals surface area contributed by atoms with E-state index >= 15 is 0 Å². The second-order valence-corrected chi connectivity index (χ2v) is 6.88. The highest BCUT2D eigenvalue weighted by Crippen LogP contribution is 2.65. The van der Waals surface area contributed by atoms with Gasteiger partial charge in [-0.15, -0.1) is 0 Å². The molecule has 6 unspecified atom stereocenters. The van der Waals surface area contributed by atoms with Crippen molar-refractivity contribution in [3.05, 3.63) is 24.3 Å². The highest BCUT2D eigenvalue weighted by molar-refractivity contribution is 6.16. The molecular weight excluding hydrogens is 236 g/mol. The summed E-state index contributed by atoms with van der Waals surface area (Å²) in [6, 6.07) is 0. The Morgan fingerprint density at radius 1 is 0.789 bits per heavy atom. The first kappa shape index (κ1) is 11.6. The van der Waals surface area contributed by atoms with Gasteiger partial charge in [-0.25, -0.2) is 0 Å². The van der Waals surface area contributed by atoms with Crippen molar-refractivity contribution in [2.45, 2.75) is 32.1 Å². The minimum Gasteiger partial charge on any atom is -0.294 e. The van der Waals surface area contributed by atoms with Crippen molar-refractivity contribution < 1.29 is 9.59 Å². The van der Waals surface area contributed by atoms with Gasteiger partial charge >= 0.3 is 0 Å². The van der Waals surface area contributed by atoms with E-state index in [0.717, 1.165) is 35.5 Å². The summed E-state index contributed by atoms with van der Waals surface area (Å²) in [7, 11) is 0. The number of carbonyl (C=O) groups excluding carboxylic acids is 2. The van der Waals surface area contributed by atoms with Gasteiger partial charge in [0, 0.05) is 0 Å². The second-order valence-electron chi connectivity index (χ2n) is 6.88. The Morgan fingerprint density at radius 3 is 1.74 bits per heavy atom. The van der Waals surface area contributed by atoms with E-state index in [2.05, 4.69) is 12.2 Å². The largest absolute Gasteiger partial charge is 0.294 e. The average molecular weight is 256 g/mol. The van der Waals surface area contributed by atoms with E-state index in [-0.39, 0.29) is 18.0 Å². The molecule has 5 aliphatic carbocycles. The molecule has 0 saturated heterocycles. The molecule has 0 aromatic carbocycles. The Bertz CT molecular complexity index is 447. The van der Waals surface area contributed by atoms with Crippen molar-refractivity contribution >= 4 is 11.6 Å². The lowest BCUT2D eigenvalue weighted by molar-refractivity contribution is -0.120. The Morgan fingerprint density at radius 2 is 1.32 bits per heavy atom. The van der Waals surface area contributed by atoms with Gasteiger partial charge in [0.25, 0.3) is 0 Å². The normalized spacial score (nSPS) is 47.8. The van der Waals surface area contributed by atoms with Crippen molar-refractivity contribution in [3.8, 4) is 0 Å². The average Bonchev–Trinajstić information content (AvgIpc) is 3.15. The first-order chi connectivity index (χ1) is 9.22. The maximum Gasteiger partial charge on any atom is 0.163 e. The predicted octanol–water partition coefficient (Wildman–Crippen LogP) is 2.94. The monoisotopic (exact) mass is 256 g/mol. The standard InChI is InChI=1S/C12H16.C5H4O2/c1-2-8-5-7(1)11-9-3-4-10(6-9)12(8)11;6-4-1-2-5(7)3-4/h1-2,7-12H,3-6H2;1-2H,3H2. The van der Waals surface area contributed by atoms with Gasteiger partial charge in [-0.1, -0.05) is 12.2 Å². The zero-order valence-electron chi connectivity index (χ0n) is 11.1. The van der Waals surface area contributed by atoms with E-state index in [0.29, 0.717) is 0 Å². The molecule has 4 bridgehead atoms. The molecule has 19 heavy (non-hydrogen) atoms. The number of ketones is 2.